The molecule has 2 unspecified atom stereocenters. The van der Waals surface area contributed by atoms with Crippen LogP contribution < -0.4 is 10.6 Å². The van der Waals surface area contributed by atoms with Crippen molar-refractivity contribution in [3.8, 4) is 0 Å². The van der Waals surface area contributed by atoms with Crippen LogP contribution in [0.1, 0.15) is 18.4 Å². The maximum absolute atomic E-state index is 11.6. The molecule has 1 aliphatic heterocycles. The van der Waals surface area contributed by atoms with Crippen molar-refractivity contribution in [3.05, 3.63) is 30.1 Å². The van der Waals surface area contributed by atoms with Gasteiger partial charge in [0.05, 0.1) is 6.10 Å². The monoisotopic (exact) mass is 279 g/mol. The van der Waals surface area contributed by atoms with E-state index in [0.29, 0.717) is 25.9 Å². The molecule has 2 rings (SSSR count). The van der Waals surface area contributed by atoms with Gasteiger partial charge in [-0.25, -0.2) is 9.59 Å². The molecule has 7 heteroatoms. The summed E-state index contributed by atoms with van der Waals surface area (Å²) < 4.78 is 5.29. The topological polar surface area (TPSA) is 101 Å². The number of carbonyl (C=O) groups is 2. The second-order valence-corrected chi connectivity index (χ2v) is 4.58. The number of nitrogens with zero attached hydrogens (tertiary/aromatic N) is 1. The Kier molecular flexibility index (Phi) is 4.89. The summed E-state index contributed by atoms with van der Waals surface area (Å²) in [6.45, 7) is 0.726. The number of ether oxygens (including phenoxy) is 1. The number of amides is 2. The molecule has 1 aliphatic rings. The van der Waals surface area contributed by atoms with Crippen LogP contribution in [0.2, 0.25) is 0 Å². The lowest BCUT2D eigenvalue weighted by molar-refractivity contribution is -0.149. The van der Waals surface area contributed by atoms with E-state index in [0.717, 1.165) is 5.56 Å². The highest BCUT2D eigenvalue weighted by atomic mass is 16.5. The number of carbonyl (C=O) groups excluding carboxylic acids is 1. The van der Waals surface area contributed by atoms with Gasteiger partial charge >= 0.3 is 12.0 Å². The minimum absolute atomic E-state index is 0.234. The third kappa shape index (κ3) is 4.20. The summed E-state index contributed by atoms with van der Waals surface area (Å²) in [6.07, 6.45) is 3.47. The molecular weight excluding hydrogens is 262 g/mol. The van der Waals surface area contributed by atoms with Crippen molar-refractivity contribution >= 4 is 12.0 Å². The first-order valence-electron chi connectivity index (χ1n) is 6.44. The van der Waals surface area contributed by atoms with Gasteiger partial charge in [0.2, 0.25) is 0 Å². The fourth-order valence-electron chi connectivity index (χ4n) is 1.99. The van der Waals surface area contributed by atoms with Gasteiger partial charge < -0.3 is 20.5 Å². The van der Waals surface area contributed by atoms with Gasteiger partial charge in [0.15, 0.2) is 6.10 Å². The van der Waals surface area contributed by atoms with Gasteiger partial charge in [-0.15, -0.1) is 0 Å². The van der Waals surface area contributed by atoms with Crippen molar-refractivity contribution < 1.29 is 19.4 Å². The van der Waals surface area contributed by atoms with Gasteiger partial charge in [0.1, 0.15) is 0 Å². The zero-order valence-electron chi connectivity index (χ0n) is 10.9. The van der Waals surface area contributed by atoms with E-state index in [1.54, 1.807) is 12.4 Å². The van der Waals surface area contributed by atoms with Crippen molar-refractivity contribution in [1.82, 2.24) is 15.6 Å². The number of pyridine rings is 1. The lowest BCUT2D eigenvalue weighted by atomic mass is 10.2. The molecule has 20 heavy (non-hydrogen) atoms. The van der Waals surface area contributed by atoms with Gasteiger partial charge in [0.25, 0.3) is 0 Å². The second kappa shape index (κ2) is 6.85. The zero-order chi connectivity index (χ0) is 14.4. The fraction of sp³-hybridized carbons (Fsp3) is 0.462. The van der Waals surface area contributed by atoms with Crippen LogP contribution >= 0.6 is 0 Å². The zero-order valence-corrected chi connectivity index (χ0v) is 10.9. The Bertz CT molecular complexity index is 466. The number of rotatable bonds is 5. The molecule has 0 radical (unpaired) electrons. The normalized spacial score (nSPS) is 21.4. The maximum atomic E-state index is 11.6. The molecule has 1 aromatic heterocycles. The molecule has 108 valence electrons. The summed E-state index contributed by atoms with van der Waals surface area (Å²) in [5, 5.41) is 14.2. The molecule has 3 N–H and O–H groups in total. The lowest BCUT2D eigenvalue weighted by Crippen LogP contribution is -2.39. The van der Waals surface area contributed by atoms with E-state index in [1.165, 1.54) is 0 Å². The summed E-state index contributed by atoms with van der Waals surface area (Å²) in [7, 11) is 0. The van der Waals surface area contributed by atoms with Gasteiger partial charge in [-0.05, 0) is 30.5 Å². The number of hydrogen-bond acceptors (Lipinski definition) is 4. The number of carboxylic acids is 1. The summed E-state index contributed by atoms with van der Waals surface area (Å²) >= 11 is 0. The van der Waals surface area contributed by atoms with Gasteiger partial charge in [-0.2, -0.15) is 0 Å². The molecule has 0 aromatic carbocycles. The summed E-state index contributed by atoms with van der Waals surface area (Å²) in [5.74, 6) is -0.949. The molecular formula is C13H17N3O4. The third-order valence-electron chi connectivity index (χ3n) is 3.08. The van der Waals surface area contributed by atoms with E-state index in [2.05, 4.69) is 15.6 Å². The van der Waals surface area contributed by atoms with Crippen LogP contribution in [0.25, 0.3) is 0 Å². The molecule has 2 atom stereocenters. The van der Waals surface area contributed by atoms with Crippen molar-refractivity contribution in [3.63, 3.8) is 0 Å². The first-order chi connectivity index (χ1) is 9.65. The predicted molar refractivity (Wildman–Crippen MR) is 70.0 cm³/mol. The Labute approximate surface area is 116 Å². The van der Waals surface area contributed by atoms with Crippen molar-refractivity contribution in [1.29, 1.82) is 0 Å². The highest BCUT2D eigenvalue weighted by Gasteiger charge is 2.30. The third-order valence-corrected chi connectivity index (χ3v) is 3.08. The predicted octanol–water partition coefficient (Wildman–Crippen LogP) is 0.513. The minimum Gasteiger partial charge on any atom is -0.479 e. The average molecular weight is 279 g/mol. The Morgan fingerprint density at radius 1 is 1.30 bits per heavy atom. The average Bonchev–Trinajstić information content (AvgIpc) is 2.93. The summed E-state index contributed by atoms with van der Waals surface area (Å²) in [4.78, 5) is 26.2. The SMILES string of the molecule is O=C(NCc1ccncc1)NCC1CCC(C(=O)O)O1. The lowest BCUT2D eigenvalue weighted by Gasteiger charge is -2.13. The number of urea groups is 1. The number of aliphatic carboxylic acids is 1. The molecule has 2 heterocycles. The molecule has 1 aromatic rings. The molecule has 2 amide bonds. The maximum Gasteiger partial charge on any atom is 0.332 e. The van der Waals surface area contributed by atoms with Crippen LogP contribution in [0.3, 0.4) is 0 Å². The Morgan fingerprint density at radius 2 is 2.05 bits per heavy atom. The standard InChI is InChI=1S/C13H17N3O4/c17-12(18)11-2-1-10(20-11)8-16-13(19)15-7-9-3-5-14-6-4-9/h3-6,10-11H,1-2,7-8H2,(H,17,18)(H2,15,16,19). The smallest absolute Gasteiger partial charge is 0.332 e. The van der Waals surface area contributed by atoms with Gasteiger partial charge in [0, 0.05) is 25.5 Å². The highest BCUT2D eigenvalue weighted by molar-refractivity contribution is 5.74. The van der Waals surface area contributed by atoms with Crippen LogP contribution in [-0.4, -0.2) is 40.8 Å². The van der Waals surface area contributed by atoms with E-state index in [9.17, 15) is 9.59 Å². The van der Waals surface area contributed by atoms with Gasteiger partial charge in [-0.1, -0.05) is 0 Å². The Hall–Kier alpha value is -2.15. The second-order valence-electron chi connectivity index (χ2n) is 4.58. The quantitative estimate of drug-likeness (QED) is 0.729. The number of nitrogens with one attached hydrogen (secondary N) is 2. The summed E-state index contributed by atoms with van der Waals surface area (Å²) in [5.41, 5.74) is 0.957. The largest absolute Gasteiger partial charge is 0.479 e. The van der Waals surface area contributed by atoms with Crippen molar-refractivity contribution in [2.75, 3.05) is 6.54 Å². The van der Waals surface area contributed by atoms with Gasteiger partial charge in [-0.3, -0.25) is 4.98 Å². The van der Waals surface area contributed by atoms with Crippen molar-refractivity contribution in [2.45, 2.75) is 31.6 Å². The van der Waals surface area contributed by atoms with Crippen LogP contribution in [-0.2, 0) is 16.1 Å². The molecule has 0 aliphatic carbocycles. The first kappa shape index (κ1) is 14.3. The van der Waals surface area contributed by atoms with E-state index >= 15 is 0 Å². The van der Waals surface area contributed by atoms with E-state index in [4.69, 9.17) is 9.84 Å². The number of hydrogen-bond donors (Lipinski definition) is 3. The van der Waals surface area contributed by atoms with Crippen LogP contribution in [0.15, 0.2) is 24.5 Å². The van der Waals surface area contributed by atoms with E-state index < -0.39 is 12.1 Å². The molecule has 0 saturated carbocycles. The van der Waals surface area contributed by atoms with Crippen LogP contribution in [0.4, 0.5) is 4.79 Å². The molecule has 0 bridgehead atoms. The minimum atomic E-state index is -0.949. The highest BCUT2D eigenvalue weighted by Crippen LogP contribution is 2.19. The number of aromatic nitrogens is 1. The molecule has 1 fully saturated rings. The van der Waals surface area contributed by atoms with E-state index in [1.807, 2.05) is 12.1 Å². The first-order valence-corrected chi connectivity index (χ1v) is 6.44. The van der Waals surface area contributed by atoms with Crippen molar-refractivity contribution in [2.24, 2.45) is 0 Å². The molecule has 1 saturated heterocycles. The van der Waals surface area contributed by atoms with Crippen LogP contribution in [0.5, 0.6) is 0 Å². The summed E-state index contributed by atoms with van der Waals surface area (Å²) in [6, 6.07) is 3.33. The van der Waals surface area contributed by atoms with Crippen LogP contribution in [0, 0.1) is 0 Å². The number of carboxylic acid groups (broad SMARTS) is 1. The Balaban J connectivity index is 1.65. The molecule has 0 spiro atoms. The Morgan fingerprint density at radius 3 is 2.70 bits per heavy atom. The fourth-order valence-corrected chi connectivity index (χ4v) is 1.99. The van der Waals surface area contributed by atoms with E-state index in [-0.39, 0.29) is 12.1 Å². The molecule has 7 nitrogen and oxygen atoms in total.